The summed E-state index contributed by atoms with van der Waals surface area (Å²) in [5, 5.41) is 22.1. The van der Waals surface area contributed by atoms with Crippen molar-refractivity contribution < 1.29 is 5.11 Å². The highest BCUT2D eigenvalue weighted by atomic mass is 16.2. The first-order chi connectivity index (χ1) is 10.6. The van der Waals surface area contributed by atoms with Crippen LogP contribution in [-0.2, 0) is 0 Å². The Morgan fingerprint density at radius 2 is 1.82 bits per heavy atom. The maximum Gasteiger partial charge on any atom is 0.232 e. The molecule has 4 N–H and O–H groups in total. The fourth-order valence-electron chi connectivity index (χ4n) is 1.71. The molecule has 2 rings (SSSR count). The van der Waals surface area contributed by atoms with Crippen LogP contribution >= 0.6 is 0 Å². The maximum atomic E-state index is 9.03. The molecule has 0 fully saturated rings. The fourth-order valence-corrected chi connectivity index (χ4v) is 1.71. The summed E-state index contributed by atoms with van der Waals surface area (Å²) in [6.45, 7) is 3.96. The first-order valence-electron chi connectivity index (χ1n) is 6.82. The van der Waals surface area contributed by atoms with Crippen LogP contribution in [0.1, 0.15) is 13.8 Å². The lowest BCUT2D eigenvalue weighted by atomic mass is 10.2. The van der Waals surface area contributed by atoms with Gasteiger partial charge in [0, 0.05) is 17.8 Å². The van der Waals surface area contributed by atoms with Crippen LogP contribution in [0.5, 0.6) is 0 Å². The van der Waals surface area contributed by atoms with Gasteiger partial charge in [-0.05, 0) is 13.8 Å². The van der Waals surface area contributed by atoms with Crippen molar-refractivity contribution in [2.75, 3.05) is 10.6 Å². The normalized spacial score (nSPS) is 11.3. The van der Waals surface area contributed by atoms with E-state index in [0.717, 1.165) is 18.0 Å². The Morgan fingerprint density at radius 1 is 1.14 bits per heavy atom. The summed E-state index contributed by atoms with van der Waals surface area (Å²) in [5.41, 5.74) is 1.03. The molecule has 7 heteroatoms. The van der Waals surface area contributed by atoms with Gasteiger partial charge in [0.05, 0.1) is 5.70 Å². The van der Waals surface area contributed by atoms with Crippen molar-refractivity contribution in [1.82, 2.24) is 15.0 Å². The van der Waals surface area contributed by atoms with Crippen LogP contribution in [0, 0.1) is 5.41 Å². The molecular weight excluding hydrogens is 280 g/mol. The van der Waals surface area contributed by atoms with E-state index in [4.69, 9.17) is 10.5 Å². The Hall–Kier alpha value is -2.96. The number of allylic oxidation sites excluding steroid dienone is 1. The molecule has 0 saturated heterocycles. The molecule has 0 atom stereocenters. The van der Waals surface area contributed by atoms with E-state index in [2.05, 4.69) is 25.6 Å². The Kier molecular flexibility index (Phi) is 5.02. The third kappa shape index (κ3) is 4.02. The lowest BCUT2D eigenvalue weighted by Crippen LogP contribution is -2.15. The molecule has 0 spiro atoms. The predicted octanol–water partition coefficient (Wildman–Crippen LogP) is 2.82. The van der Waals surface area contributed by atoms with Crippen molar-refractivity contribution >= 4 is 18.1 Å². The molecule has 0 aliphatic rings. The summed E-state index contributed by atoms with van der Waals surface area (Å²) in [6, 6.07) is 9.68. The summed E-state index contributed by atoms with van der Waals surface area (Å²) in [6.07, 6.45) is 1.76. The molecule has 0 saturated carbocycles. The van der Waals surface area contributed by atoms with E-state index >= 15 is 0 Å². The molecule has 2 aromatic rings. The molecule has 0 radical (unpaired) electrons. The Labute approximate surface area is 128 Å². The number of nitrogens with one attached hydrogen (secondary N) is 3. The van der Waals surface area contributed by atoms with Crippen LogP contribution in [0.4, 0.5) is 11.9 Å². The topological polar surface area (TPSA) is 107 Å². The van der Waals surface area contributed by atoms with Crippen LogP contribution in [0.3, 0.4) is 0 Å². The van der Waals surface area contributed by atoms with Crippen molar-refractivity contribution in [3.8, 4) is 11.4 Å². The van der Waals surface area contributed by atoms with Crippen LogP contribution in [0.25, 0.3) is 11.4 Å². The third-order valence-electron chi connectivity index (χ3n) is 2.64. The first kappa shape index (κ1) is 15.4. The fraction of sp³-hybridized carbons (Fsp3) is 0.200. The van der Waals surface area contributed by atoms with Crippen molar-refractivity contribution in [3.05, 3.63) is 42.3 Å². The molecule has 114 valence electrons. The third-order valence-corrected chi connectivity index (χ3v) is 2.64. The van der Waals surface area contributed by atoms with E-state index in [1.54, 1.807) is 0 Å². The van der Waals surface area contributed by atoms with Crippen molar-refractivity contribution in [1.29, 1.82) is 5.41 Å². The van der Waals surface area contributed by atoms with Gasteiger partial charge in [0.2, 0.25) is 11.9 Å². The number of aromatic nitrogens is 3. The summed E-state index contributed by atoms with van der Waals surface area (Å²) in [7, 11) is 0. The number of hydrogen-bond donors (Lipinski definition) is 4. The molecule has 1 heterocycles. The van der Waals surface area contributed by atoms with Crippen molar-refractivity contribution in [3.63, 3.8) is 0 Å². The van der Waals surface area contributed by atoms with E-state index in [1.165, 1.54) is 0 Å². The smallest absolute Gasteiger partial charge is 0.232 e. The minimum atomic E-state index is 0.162. The molecule has 1 aromatic heterocycles. The van der Waals surface area contributed by atoms with Crippen LogP contribution in [0.2, 0.25) is 0 Å². The average molecular weight is 298 g/mol. The van der Waals surface area contributed by atoms with Crippen molar-refractivity contribution in [2.45, 2.75) is 19.9 Å². The number of anilines is 2. The van der Waals surface area contributed by atoms with E-state index in [-0.39, 0.29) is 17.7 Å². The quantitative estimate of drug-likeness (QED) is 0.482. The number of benzene rings is 1. The molecule has 0 aliphatic heterocycles. The second kappa shape index (κ2) is 7.16. The zero-order valence-electron chi connectivity index (χ0n) is 12.4. The Balaban J connectivity index is 2.42. The highest BCUT2D eigenvalue weighted by Crippen LogP contribution is 2.18. The lowest BCUT2D eigenvalue weighted by molar-refractivity contribution is 0.470. The Morgan fingerprint density at radius 3 is 2.41 bits per heavy atom. The first-order valence-corrected chi connectivity index (χ1v) is 6.82. The summed E-state index contributed by atoms with van der Waals surface area (Å²) < 4.78 is 0. The van der Waals surface area contributed by atoms with Gasteiger partial charge in [-0.25, -0.2) is 0 Å². The monoisotopic (exact) mass is 298 g/mol. The summed E-state index contributed by atoms with van der Waals surface area (Å²) >= 11 is 0. The lowest BCUT2D eigenvalue weighted by Gasteiger charge is -2.12. The predicted molar refractivity (Wildman–Crippen MR) is 87.1 cm³/mol. The number of aliphatic hydroxyl groups excluding tert-OH is 1. The van der Waals surface area contributed by atoms with Crippen molar-refractivity contribution in [2.24, 2.45) is 0 Å². The largest absolute Gasteiger partial charge is 0.513 e. The number of rotatable bonds is 6. The van der Waals surface area contributed by atoms with Gasteiger partial charge in [0.1, 0.15) is 6.26 Å². The minimum absolute atomic E-state index is 0.162. The molecule has 22 heavy (non-hydrogen) atoms. The minimum Gasteiger partial charge on any atom is -0.513 e. The van der Waals surface area contributed by atoms with Gasteiger partial charge in [-0.1, -0.05) is 30.3 Å². The molecule has 0 amide bonds. The van der Waals surface area contributed by atoms with Gasteiger partial charge in [-0.2, -0.15) is 15.0 Å². The van der Waals surface area contributed by atoms with Crippen LogP contribution in [-0.4, -0.2) is 32.3 Å². The van der Waals surface area contributed by atoms with Gasteiger partial charge in [-0.15, -0.1) is 0 Å². The van der Waals surface area contributed by atoms with Gasteiger partial charge in [-0.3, -0.25) is 0 Å². The molecule has 0 bridgehead atoms. The highest BCUT2D eigenvalue weighted by molar-refractivity contribution is 5.79. The molecule has 0 unspecified atom stereocenters. The van der Waals surface area contributed by atoms with E-state index in [1.807, 2.05) is 44.2 Å². The summed E-state index contributed by atoms with van der Waals surface area (Å²) in [5.74, 6) is 1.18. The van der Waals surface area contributed by atoms with Gasteiger partial charge in [0.15, 0.2) is 5.82 Å². The van der Waals surface area contributed by atoms with Gasteiger partial charge < -0.3 is 21.1 Å². The Bertz CT molecular complexity index is 669. The van der Waals surface area contributed by atoms with Gasteiger partial charge >= 0.3 is 0 Å². The molecular formula is C15H18N6O. The number of aliphatic hydroxyl groups is 1. The summed E-state index contributed by atoms with van der Waals surface area (Å²) in [4.78, 5) is 12.9. The standard InChI is InChI=1S/C15H18N6O/c1-10(2)17-14-19-13(11-6-4-3-5-7-11)20-15(21-14)18-12(8-16)9-22/h3-10,16,22H,1-2H3,(H2,17,18,19,20,21)/b12-9+,16-8?. The zero-order chi connectivity index (χ0) is 15.9. The zero-order valence-corrected chi connectivity index (χ0v) is 12.4. The molecule has 7 nitrogen and oxygen atoms in total. The van der Waals surface area contributed by atoms with Gasteiger partial charge in [0.25, 0.3) is 0 Å². The number of hydrogen-bond acceptors (Lipinski definition) is 7. The SMILES string of the molecule is CC(C)Nc1nc(N/C(C=N)=C/O)nc(-c2ccccc2)n1. The maximum absolute atomic E-state index is 9.03. The highest BCUT2D eigenvalue weighted by Gasteiger charge is 2.10. The van der Waals surface area contributed by atoms with E-state index in [0.29, 0.717) is 11.8 Å². The second-order valence-corrected chi connectivity index (χ2v) is 4.83. The van der Waals surface area contributed by atoms with E-state index < -0.39 is 0 Å². The van der Waals surface area contributed by atoms with Crippen LogP contribution in [0.15, 0.2) is 42.3 Å². The molecule has 0 aliphatic carbocycles. The van der Waals surface area contributed by atoms with Crippen LogP contribution < -0.4 is 10.6 Å². The second-order valence-electron chi connectivity index (χ2n) is 4.83. The molecule has 1 aromatic carbocycles. The average Bonchev–Trinajstić information content (AvgIpc) is 2.52. The van der Waals surface area contributed by atoms with E-state index in [9.17, 15) is 0 Å². The number of nitrogens with zero attached hydrogens (tertiary/aromatic N) is 3.